The number of benzene rings is 1. The van der Waals surface area contributed by atoms with Crippen molar-refractivity contribution in [3.8, 4) is 0 Å². The number of quaternary nitrogens is 1. The third-order valence-corrected chi connectivity index (χ3v) is 3.59. The van der Waals surface area contributed by atoms with Gasteiger partial charge < -0.3 is 23.0 Å². The van der Waals surface area contributed by atoms with E-state index in [9.17, 15) is 9.59 Å². The summed E-state index contributed by atoms with van der Waals surface area (Å²) in [6, 6.07) is 9.16. The molecule has 3 N–H and O–H groups in total. The van der Waals surface area contributed by atoms with E-state index in [1.165, 1.54) is 16.8 Å². The molecule has 0 radical (unpaired) electrons. The van der Waals surface area contributed by atoms with Gasteiger partial charge in [-0.1, -0.05) is 30.3 Å². The zero-order chi connectivity index (χ0) is 13.3. The van der Waals surface area contributed by atoms with Gasteiger partial charge in [0.1, 0.15) is 0 Å². The Labute approximate surface area is 118 Å². The Morgan fingerprint density at radius 2 is 1.74 bits per heavy atom. The number of urea groups is 1. The highest BCUT2D eigenvalue weighted by Crippen LogP contribution is 2.38. The third kappa shape index (κ3) is 2.09. The van der Waals surface area contributed by atoms with Crippen molar-refractivity contribution >= 4 is 11.9 Å². The molecule has 1 aromatic rings. The summed E-state index contributed by atoms with van der Waals surface area (Å²) in [5, 5.41) is 0. The van der Waals surface area contributed by atoms with Crippen molar-refractivity contribution in [1.82, 2.24) is 9.80 Å². The lowest BCUT2D eigenvalue weighted by molar-refractivity contribution is -0.371. The SMILES string of the molecule is CN1C(=O)N(C)[C@](CC[NH3+])(c2ccccc2)C1=O.[Cl-]. The summed E-state index contributed by atoms with van der Waals surface area (Å²) in [6.07, 6.45) is 0.530. The average molecular weight is 284 g/mol. The van der Waals surface area contributed by atoms with E-state index in [0.717, 1.165) is 5.56 Å². The number of rotatable bonds is 3. The van der Waals surface area contributed by atoms with Crippen molar-refractivity contribution in [3.63, 3.8) is 0 Å². The normalized spacial score (nSPS) is 22.7. The van der Waals surface area contributed by atoms with Gasteiger partial charge in [-0.05, 0) is 5.56 Å². The number of amides is 3. The van der Waals surface area contributed by atoms with E-state index in [-0.39, 0.29) is 24.3 Å². The first-order valence-corrected chi connectivity index (χ1v) is 5.96. The molecule has 0 aromatic heterocycles. The summed E-state index contributed by atoms with van der Waals surface area (Å²) in [4.78, 5) is 27.2. The van der Waals surface area contributed by atoms with Crippen LogP contribution in [0.1, 0.15) is 12.0 Å². The fourth-order valence-corrected chi connectivity index (χ4v) is 2.60. The minimum absolute atomic E-state index is 0. The van der Waals surface area contributed by atoms with Gasteiger partial charge in [0.05, 0.1) is 6.54 Å². The summed E-state index contributed by atoms with van der Waals surface area (Å²) in [7, 11) is 3.20. The van der Waals surface area contributed by atoms with Crippen LogP contribution >= 0.6 is 0 Å². The number of nitrogens with zero attached hydrogens (tertiary/aromatic N) is 2. The summed E-state index contributed by atoms with van der Waals surface area (Å²) in [6.45, 7) is 0.589. The zero-order valence-electron chi connectivity index (χ0n) is 11.1. The molecule has 104 valence electrons. The van der Waals surface area contributed by atoms with Gasteiger partial charge in [0.15, 0.2) is 5.54 Å². The van der Waals surface area contributed by atoms with Crippen molar-refractivity contribution in [2.75, 3.05) is 20.6 Å². The molecule has 5 nitrogen and oxygen atoms in total. The van der Waals surface area contributed by atoms with Gasteiger partial charge in [-0.2, -0.15) is 0 Å². The number of hydrogen-bond donors (Lipinski definition) is 1. The molecule has 0 spiro atoms. The Bertz CT molecular complexity index is 480. The Morgan fingerprint density at radius 3 is 2.16 bits per heavy atom. The maximum absolute atomic E-state index is 12.5. The molecule has 19 heavy (non-hydrogen) atoms. The standard InChI is InChI=1S/C13H17N3O2.ClH/c1-15-11(17)13(8-9-14,16(2)12(15)18)10-6-4-3-5-7-10;/h3-7H,8-9,14H2,1-2H3;1H/t13-;/m1./s1. The number of likely N-dealkylation sites (N-methyl/N-ethyl adjacent to an activating group) is 2. The molecule has 1 aliphatic rings. The Kier molecular flexibility index (Phi) is 4.55. The van der Waals surface area contributed by atoms with Gasteiger partial charge in [-0.15, -0.1) is 0 Å². The molecule has 2 rings (SSSR count). The predicted molar refractivity (Wildman–Crippen MR) is 66.4 cm³/mol. The van der Waals surface area contributed by atoms with Crippen molar-refractivity contribution in [2.24, 2.45) is 0 Å². The fourth-order valence-electron chi connectivity index (χ4n) is 2.60. The second kappa shape index (κ2) is 5.59. The molecule has 1 aliphatic heterocycles. The monoisotopic (exact) mass is 283 g/mol. The number of carbonyl (C=O) groups is 2. The van der Waals surface area contributed by atoms with Crippen LogP contribution in [-0.4, -0.2) is 42.4 Å². The van der Waals surface area contributed by atoms with E-state index >= 15 is 0 Å². The smallest absolute Gasteiger partial charge is 0.327 e. The van der Waals surface area contributed by atoms with Crippen LogP contribution in [0.3, 0.4) is 0 Å². The first-order chi connectivity index (χ1) is 8.55. The van der Waals surface area contributed by atoms with Gasteiger partial charge in [-0.3, -0.25) is 9.69 Å². The summed E-state index contributed by atoms with van der Waals surface area (Å²) in [5.74, 6) is -0.176. The molecule has 1 saturated heterocycles. The number of hydrogen-bond acceptors (Lipinski definition) is 2. The maximum Gasteiger partial charge on any atom is 0.327 e. The lowest BCUT2D eigenvalue weighted by atomic mass is 9.85. The van der Waals surface area contributed by atoms with Crippen molar-refractivity contribution in [2.45, 2.75) is 12.0 Å². The molecule has 6 heteroatoms. The van der Waals surface area contributed by atoms with E-state index < -0.39 is 5.54 Å². The van der Waals surface area contributed by atoms with Gasteiger partial charge in [0.2, 0.25) is 0 Å². The second-order valence-electron chi connectivity index (χ2n) is 4.54. The zero-order valence-corrected chi connectivity index (χ0v) is 11.9. The lowest BCUT2D eigenvalue weighted by Gasteiger charge is -2.32. The fraction of sp³-hybridized carbons (Fsp3) is 0.385. The number of imide groups is 1. The van der Waals surface area contributed by atoms with Crippen molar-refractivity contribution in [3.05, 3.63) is 35.9 Å². The average Bonchev–Trinajstić information content (AvgIpc) is 2.56. The van der Waals surface area contributed by atoms with Crippen LogP contribution in [0.25, 0.3) is 0 Å². The maximum atomic E-state index is 12.5. The minimum atomic E-state index is -0.894. The second-order valence-corrected chi connectivity index (χ2v) is 4.54. The summed E-state index contributed by atoms with van der Waals surface area (Å²) < 4.78 is 0. The van der Waals surface area contributed by atoms with Crippen LogP contribution in [0.5, 0.6) is 0 Å². The summed E-state index contributed by atoms with van der Waals surface area (Å²) in [5.41, 5.74) is 3.78. The van der Waals surface area contributed by atoms with Gasteiger partial charge >= 0.3 is 6.03 Å². The van der Waals surface area contributed by atoms with Gasteiger partial charge in [0, 0.05) is 20.5 Å². The van der Waals surface area contributed by atoms with E-state index in [2.05, 4.69) is 5.73 Å². The topological polar surface area (TPSA) is 68.3 Å². The third-order valence-electron chi connectivity index (χ3n) is 3.59. The molecule has 3 amide bonds. The molecule has 0 saturated carbocycles. The van der Waals surface area contributed by atoms with Crippen molar-refractivity contribution in [1.29, 1.82) is 0 Å². The molecule has 0 bridgehead atoms. The first-order valence-electron chi connectivity index (χ1n) is 5.96. The Hall–Kier alpha value is -1.59. The molecule has 1 atom stereocenters. The lowest BCUT2D eigenvalue weighted by Crippen LogP contribution is -3.00. The summed E-state index contributed by atoms with van der Waals surface area (Å²) >= 11 is 0. The molecule has 1 fully saturated rings. The van der Waals surface area contributed by atoms with Crippen LogP contribution in [0.4, 0.5) is 4.79 Å². The van der Waals surface area contributed by atoms with Crippen LogP contribution in [-0.2, 0) is 10.3 Å². The number of carbonyl (C=O) groups excluding carboxylic acids is 2. The predicted octanol–water partition coefficient (Wildman–Crippen LogP) is -2.96. The molecule has 1 heterocycles. The van der Waals surface area contributed by atoms with E-state index in [1.807, 2.05) is 30.3 Å². The molecular formula is C13H18ClN3O2. The highest BCUT2D eigenvalue weighted by Gasteiger charge is 2.55. The quantitative estimate of drug-likeness (QED) is 0.603. The van der Waals surface area contributed by atoms with Crippen LogP contribution < -0.4 is 18.1 Å². The van der Waals surface area contributed by atoms with Crippen molar-refractivity contribution < 1.29 is 27.7 Å². The van der Waals surface area contributed by atoms with Crippen LogP contribution in [0.2, 0.25) is 0 Å². The van der Waals surface area contributed by atoms with E-state index in [1.54, 1.807) is 7.05 Å². The number of halogens is 1. The van der Waals surface area contributed by atoms with Gasteiger partial charge in [-0.25, -0.2) is 4.79 Å². The highest BCUT2D eigenvalue weighted by molar-refractivity contribution is 6.07. The Morgan fingerprint density at radius 1 is 1.16 bits per heavy atom. The van der Waals surface area contributed by atoms with E-state index in [0.29, 0.717) is 13.0 Å². The molecule has 1 aromatic carbocycles. The van der Waals surface area contributed by atoms with Gasteiger partial charge in [0.25, 0.3) is 5.91 Å². The van der Waals surface area contributed by atoms with Crippen LogP contribution in [0, 0.1) is 0 Å². The largest absolute Gasteiger partial charge is 1.00 e. The minimum Gasteiger partial charge on any atom is -1.00 e. The highest BCUT2D eigenvalue weighted by atomic mass is 35.5. The van der Waals surface area contributed by atoms with E-state index in [4.69, 9.17) is 0 Å². The first kappa shape index (κ1) is 15.5. The Balaban J connectivity index is 0.00000180. The molecule has 0 aliphatic carbocycles. The van der Waals surface area contributed by atoms with Crippen LogP contribution in [0.15, 0.2) is 30.3 Å². The molecule has 0 unspecified atom stereocenters. The molecular weight excluding hydrogens is 266 g/mol.